The standard InChI is InChI=1S/C14H20O2/c1-3-12-4-6-13(7-5-12)10-14(8-9-15)11(2)16/h4-7,14-15H,3,8-10H2,1-2H3. The Morgan fingerprint density at radius 3 is 2.25 bits per heavy atom. The van der Waals surface area contributed by atoms with Gasteiger partial charge < -0.3 is 5.11 Å². The molecule has 0 saturated carbocycles. The van der Waals surface area contributed by atoms with Gasteiger partial charge in [0, 0.05) is 12.5 Å². The van der Waals surface area contributed by atoms with Crippen LogP contribution in [0.25, 0.3) is 0 Å². The lowest BCUT2D eigenvalue weighted by Crippen LogP contribution is -2.15. The number of aliphatic hydroxyl groups is 1. The van der Waals surface area contributed by atoms with Crippen molar-refractivity contribution in [2.45, 2.75) is 33.1 Å². The summed E-state index contributed by atoms with van der Waals surface area (Å²) in [6.45, 7) is 3.80. The minimum absolute atomic E-state index is 0.0440. The highest BCUT2D eigenvalue weighted by Gasteiger charge is 2.13. The van der Waals surface area contributed by atoms with E-state index in [2.05, 4.69) is 31.2 Å². The second kappa shape index (κ2) is 6.44. The number of hydrogen-bond donors (Lipinski definition) is 1. The van der Waals surface area contributed by atoms with Crippen molar-refractivity contribution in [3.8, 4) is 0 Å². The van der Waals surface area contributed by atoms with Crippen LogP contribution in [0.5, 0.6) is 0 Å². The van der Waals surface area contributed by atoms with E-state index in [-0.39, 0.29) is 18.3 Å². The van der Waals surface area contributed by atoms with Crippen LogP contribution < -0.4 is 0 Å². The van der Waals surface area contributed by atoms with Gasteiger partial charge in [0.1, 0.15) is 5.78 Å². The topological polar surface area (TPSA) is 37.3 Å². The normalized spacial score (nSPS) is 12.4. The van der Waals surface area contributed by atoms with E-state index in [0.717, 1.165) is 12.8 Å². The average Bonchev–Trinajstić information content (AvgIpc) is 2.29. The Morgan fingerprint density at radius 1 is 1.25 bits per heavy atom. The van der Waals surface area contributed by atoms with Crippen LogP contribution in [-0.4, -0.2) is 17.5 Å². The van der Waals surface area contributed by atoms with E-state index in [9.17, 15) is 4.79 Å². The Hall–Kier alpha value is -1.15. The lowest BCUT2D eigenvalue weighted by molar-refractivity contribution is -0.121. The number of rotatable bonds is 6. The van der Waals surface area contributed by atoms with Crippen LogP contribution in [0.3, 0.4) is 0 Å². The van der Waals surface area contributed by atoms with Crippen LogP contribution in [0.4, 0.5) is 0 Å². The maximum Gasteiger partial charge on any atom is 0.133 e. The molecule has 0 radical (unpaired) electrons. The second-order valence-corrected chi connectivity index (χ2v) is 4.19. The predicted octanol–water partition coefficient (Wildman–Crippen LogP) is 2.38. The highest BCUT2D eigenvalue weighted by Crippen LogP contribution is 2.14. The quantitative estimate of drug-likeness (QED) is 0.799. The van der Waals surface area contributed by atoms with Crippen LogP contribution in [0.1, 0.15) is 31.4 Å². The maximum absolute atomic E-state index is 11.4. The molecule has 0 bridgehead atoms. The molecule has 0 heterocycles. The molecule has 0 saturated heterocycles. The fourth-order valence-corrected chi connectivity index (χ4v) is 1.80. The number of ketones is 1. The van der Waals surface area contributed by atoms with Crippen molar-refractivity contribution in [3.05, 3.63) is 35.4 Å². The number of aliphatic hydroxyl groups excluding tert-OH is 1. The van der Waals surface area contributed by atoms with Gasteiger partial charge in [-0.1, -0.05) is 31.2 Å². The summed E-state index contributed by atoms with van der Waals surface area (Å²) in [5.74, 6) is 0.117. The third-order valence-corrected chi connectivity index (χ3v) is 2.97. The number of carbonyl (C=O) groups excluding carboxylic acids is 1. The van der Waals surface area contributed by atoms with Crippen molar-refractivity contribution in [2.75, 3.05) is 6.61 Å². The second-order valence-electron chi connectivity index (χ2n) is 4.19. The zero-order valence-corrected chi connectivity index (χ0v) is 10.1. The number of carbonyl (C=O) groups is 1. The van der Waals surface area contributed by atoms with Gasteiger partial charge in [-0.15, -0.1) is 0 Å². The summed E-state index contributed by atoms with van der Waals surface area (Å²) < 4.78 is 0. The molecule has 0 aliphatic carbocycles. The third-order valence-electron chi connectivity index (χ3n) is 2.97. The van der Waals surface area contributed by atoms with E-state index in [4.69, 9.17) is 5.11 Å². The Balaban J connectivity index is 2.65. The van der Waals surface area contributed by atoms with Gasteiger partial charge in [0.05, 0.1) is 0 Å². The molecule has 1 unspecified atom stereocenters. The summed E-state index contributed by atoms with van der Waals surface area (Å²) in [7, 11) is 0. The van der Waals surface area contributed by atoms with Gasteiger partial charge in [-0.3, -0.25) is 4.79 Å². The van der Waals surface area contributed by atoms with Crippen LogP contribution in [0, 0.1) is 5.92 Å². The Morgan fingerprint density at radius 2 is 1.81 bits per heavy atom. The molecule has 2 heteroatoms. The Bertz CT molecular complexity index is 327. The third kappa shape index (κ3) is 3.78. The SMILES string of the molecule is CCc1ccc(CC(CCO)C(C)=O)cc1. The van der Waals surface area contributed by atoms with Crippen molar-refractivity contribution in [3.63, 3.8) is 0 Å². The average molecular weight is 220 g/mol. The van der Waals surface area contributed by atoms with Crippen molar-refractivity contribution in [1.82, 2.24) is 0 Å². The summed E-state index contributed by atoms with van der Waals surface area (Å²) in [6, 6.07) is 8.36. The zero-order chi connectivity index (χ0) is 12.0. The molecule has 2 nitrogen and oxygen atoms in total. The molecule has 0 spiro atoms. The molecule has 88 valence electrons. The molecular formula is C14H20O2. The molecule has 0 amide bonds. The monoisotopic (exact) mass is 220 g/mol. The largest absolute Gasteiger partial charge is 0.396 e. The van der Waals surface area contributed by atoms with Crippen LogP contribution in [0.2, 0.25) is 0 Å². The lowest BCUT2D eigenvalue weighted by Gasteiger charge is -2.12. The lowest BCUT2D eigenvalue weighted by atomic mass is 9.93. The Labute approximate surface area is 97.3 Å². The summed E-state index contributed by atoms with van der Waals surface area (Å²) in [5.41, 5.74) is 2.48. The van der Waals surface area contributed by atoms with E-state index in [1.54, 1.807) is 6.92 Å². The van der Waals surface area contributed by atoms with E-state index in [0.29, 0.717) is 6.42 Å². The predicted molar refractivity (Wildman–Crippen MR) is 65.4 cm³/mol. The first-order valence-electron chi connectivity index (χ1n) is 5.86. The van der Waals surface area contributed by atoms with Crippen LogP contribution in [-0.2, 0) is 17.6 Å². The fraction of sp³-hybridized carbons (Fsp3) is 0.500. The number of benzene rings is 1. The first-order chi connectivity index (χ1) is 7.67. The highest BCUT2D eigenvalue weighted by atomic mass is 16.3. The van der Waals surface area contributed by atoms with Gasteiger partial charge in [-0.25, -0.2) is 0 Å². The summed E-state index contributed by atoms with van der Waals surface area (Å²) in [4.78, 5) is 11.4. The molecule has 0 fully saturated rings. The minimum atomic E-state index is -0.0440. The van der Waals surface area contributed by atoms with Crippen molar-refractivity contribution in [2.24, 2.45) is 5.92 Å². The van der Waals surface area contributed by atoms with Crippen LogP contribution >= 0.6 is 0 Å². The first-order valence-corrected chi connectivity index (χ1v) is 5.86. The van der Waals surface area contributed by atoms with Crippen molar-refractivity contribution >= 4 is 5.78 Å². The molecule has 0 aliphatic rings. The number of aryl methyl sites for hydroxylation is 1. The first kappa shape index (κ1) is 12.9. The maximum atomic E-state index is 11.4. The molecule has 0 aromatic heterocycles. The van der Waals surface area contributed by atoms with Crippen molar-refractivity contribution in [1.29, 1.82) is 0 Å². The van der Waals surface area contributed by atoms with E-state index >= 15 is 0 Å². The smallest absolute Gasteiger partial charge is 0.133 e. The number of Topliss-reactive ketones (excluding diaryl/α,β-unsaturated/α-hetero) is 1. The Kier molecular flexibility index (Phi) is 5.20. The highest BCUT2D eigenvalue weighted by molar-refractivity contribution is 5.78. The van der Waals surface area contributed by atoms with Gasteiger partial charge in [0.25, 0.3) is 0 Å². The van der Waals surface area contributed by atoms with Gasteiger partial charge >= 0.3 is 0 Å². The molecule has 0 aliphatic heterocycles. The van der Waals surface area contributed by atoms with Gasteiger partial charge in [-0.05, 0) is 37.3 Å². The summed E-state index contributed by atoms with van der Waals surface area (Å²) in [5, 5.41) is 8.89. The van der Waals surface area contributed by atoms with E-state index in [1.165, 1.54) is 11.1 Å². The molecule has 16 heavy (non-hydrogen) atoms. The van der Waals surface area contributed by atoms with Crippen molar-refractivity contribution < 1.29 is 9.90 Å². The summed E-state index contributed by atoms with van der Waals surface area (Å²) >= 11 is 0. The fourth-order valence-electron chi connectivity index (χ4n) is 1.80. The zero-order valence-electron chi connectivity index (χ0n) is 10.1. The van der Waals surface area contributed by atoms with Gasteiger partial charge in [0.2, 0.25) is 0 Å². The molecule has 1 rings (SSSR count). The van der Waals surface area contributed by atoms with E-state index < -0.39 is 0 Å². The molecular weight excluding hydrogens is 200 g/mol. The minimum Gasteiger partial charge on any atom is -0.396 e. The molecule has 1 aromatic rings. The summed E-state index contributed by atoms with van der Waals surface area (Å²) in [6.07, 6.45) is 2.33. The molecule has 1 atom stereocenters. The van der Waals surface area contributed by atoms with Gasteiger partial charge in [-0.2, -0.15) is 0 Å². The molecule has 1 N–H and O–H groups in total. The number of hydrogen-bond acceptors (Lipinski definition) is 2. The van der Waals surface area contributed by atoms with E-state index in [1.807, 2.05) is 0 Å². The van der Waals surface area contributed by atoms with Gasteiger partial charge in [0.15, 0.2) is 0 Å². The molecule has 1 aromatic carbocycles. The van der Waals surface area contributed by atoms with Crippen LogP contribution in [0.15, 0.2) is 24.3 Å².